The summed E-state index contributed by atoms with van der Waals surface area (Å²) in [7, 11) is 1.56. The smallest absolute Gasteiger partial charge is 0.167 e. The molecule has 1 heterocycles. The summed E-state index contributed by atoms with van der Waals surface area (Å²) in [5.41, 5.74) is 5.92. The minimum atomic E-state index is -0.0114. The van der Waals surface area contributed by atoms with Gasteiger partial charge >= 0.3 is 0 Å². The lowest BCUT2D eigenvalue weighted by Crippen LogP contribution is -2.09. The maximum Gasteiger partial charge on any atom is 0.167 e. The van der Waals surface area contributed by atoms with Crippen molar-refractivity contribution in [1.82, 2.24) is 0 Å². The Kier molecular flexibility index (Phi) is 3.36. The van der Waals surface area contributed by atoms with Crippen molar-refractivity contribution in [2.75, 3.05) is 19.6 Å². The van der Waals surface area contributed by atoms with Gasteiger partial charge in [-0.15, -0.1) is 0 Å². The highest BCUT2D eigenvalue weighted by molar-refractivity contribution is 7.99. The molecule has 1 aromatic carbocycles. The molecular formula is C11H13NO3S. The standard InChI is InChI=1S/C11H13NO3S/c1-14-9-5-11-10(15-6-16-11)4-7(9)8(13)2-3-12/h4-5H,2-3,6,12H2,1H3. The van der Waals surface area contributed by atoms with Crippen LogP contribution in [0.3, 0.4) is 0 Å². The van der Waals surface area contributed by atoms with Gasteiger partial charge in [-0.2, -0.15) is 0 Å². The number of benzene rings is 1. The summed E-state index contributed by atoms with van der Waals surface area (Å²) >= 11 is 1.59. The fourth-order valence-electron chi connectivity index (χ4n) is 1.58. The second kappa shape index (κ2) is 4.76. The molecule has 0 unspecified atom stereocenters. The molecule has 0 aliphatic carbocycles. The van der Waals surface area contributed by atoms with Crippen molar-refractivity contribution in [3.63, 3.8) is 0 Å². The Bertz CT molecular complexity index is 420. The predicted molar refractivity (Wildman–Crippen MR) is 62.3 cm³/mol. The van der Waals surface area contributed by atoms with Crippen LogP contribution in [0.25, 0.3) is 0 Å². The summed E-state index contributed by atoms with van der Waals surface area (Å²) in [6, 6.07) is 3.59. The molecule has 0 amide bonds. The molecule has 86 valence electrons. The number of carbonyl (C=O) groups is 1. The Balaban J connectivity index is 2.39. The predicted octanol–water partition coefficient (Wildman–Crippen LogP) is 1.67. The van der Waals surface area contributed by atoms with E-state index in [9.17, 15) is 4.79 Å². The number of Topliss-reactive ketones (excluding diaryl/α,β-unsaturated/α-hetero) is 1. The Hall–Kier alpha value is -1.20. The first-order valence-corrected chi connectivity index (χ1v) is 5.95. The first kappa shape index (κ1) is 11.3. The van der Waals surface area contributed by atoms with Gasteiger partial charge in [0.25, 0.3) is 0 Å². The molecule has 2 rings (SSSR count). The number of fused-ring (bicyclic) bond motifs is 1. The first-order valence-electron chi connectivity index (χ1n) is 4.97. The molecule has 4 nitrogen and oxygen atoms in total. The van der Waals surface area contributed by atoms with Gasteiger partial charge in [0.15, 0.2) is 5.78 Å². The fraction of sp³-hybridized carbons (Fsp3) is 0.364. The molecule has 0 radical (unpaired) electrons. The molecule has 0 fully saturated rings. The average molecular weight is 239 g/mol. The van der Waals surface area contributed by atoms with Crippen LogP contribution in [0.5, 0.6) is 11.5 Å². The van der Waals surface area contributed by atoms with Gasteiger partial charge in [-0.3, -0.25) is 4.79 Å². The summed E-state index contributed by atoms with van der Waals surface area (Å²) in [4.78, 5) is 12.8. The molecule has 0 aromatic heterocycles. The number of methoxy groups -OCH3 is 1. The molecule has 0 atom stereocenters. The SMILES string of the molecule is COc1cc2c(cc1C(=O)CCN)OCS2. The lowest BCUT2D eigenvalue weighted by molar-refractivity contribution is 0.0982. The first-order chi connectivity index (χ1) is 7.76. The molecule has 0 bridgehead atoms. The second-order valence-corrected chi connectivity index (χ2v) is 4.33. The topological polar surface area (TPSA) is 61.5 Å². The van der Waals surface area contributed by atoms with E-state index in [1.807, 2.05) is 6.07 Å². The third kappa shape index (κ3) is 2.01. The summed E-state index contributed by atoms with van der Waals surface area (Å²) in [5.74, 6) is 1.93. The van der Waals surface area contributed by atoms with Gasteiger partial charge in [0.1, 0.15) is 17.4 Å². The molecule has 0 spiro atoms. The summed E-state index contributed by atoms with van der Waals surface area (Å²) in [6.07, 6.45) is 0.322. The normalized spacial score (nSPS) is 13.1. The Labute approximate surface area is 98.1 Å². The van der Waals surface area contributed by atoms with Crippen LogP contribution in [-0.4, -0.2) is 25.4 Å². The van der Waals surface area contributed by atoms with Gasteiger partial charge < -0.3 is 15.2 Å². The van der Waals surface area contributed by atoms with E-state index in [1.54, 1.807) is 24.9 Å². The van der Waals surface area contributed by atoms with Gasteiger partial charge in [-0.25, -0.2) is 0 Å². The number of hydrogen-bond acceptors (Lipinski definition) is 5. The van der Waals surface area contributed by atoms with E-state index < -0.39 is 0 Å². The highest BCUT2D eigenvalue weighted by Crippen LogP contribution is 2.40. The zero-order valence-corrected chi connectivity index (χ0v) is 9.80. The van der Waals surface area contributed by atoms with Gasteiger partial charge in [0, 0.05) is 6.42 Å². The van der Waals surface area contributed by atoms with Gasteiger partial charge in [-0.05, 0) is 18.7 Å². The van der Waals surface area contributed by atoms with Gasteiger partial charge in [-0.1, -0.05) is 11.8 Å². The van der Waals surface area contributed by atoms with Crippen molar-refractivity contribution in [3.05, 3.63) is 17.7 Å². The fourth-order valence-corrected chi connectivity index (χ4v) is 2.34. The van der Waals surface area contributed by atoms with Crippen LogP contribution in [0.1, 0.15) is 16.8 Å². The van der Waals surface area contributed by atoms with Crippen molar-refractivity contribution in [2.45, 2.75) is 11.3 Å². The van der Waals surface area contributed by atoms with Crippen LogP contribution in [0.4, 0.5) is 0 Å². The van der Waals surface area contributed by atoms with E-state index in [2.05, 4.69) is 0 Å². The maximum atomic E-state index is 11.8. The highest BCUT2D eigenvalue weighted by Gasteiger charge is 2.20. The quantitative estimate of drug-likeness (QED) is 0.810. The number of ether oxygens (including phenoxy) is 2. The Morgan fingerprint density at radius 2 is 2.44 bits per heavy atom. The van der Waals surface area contributed by atoms with Crippen molar-refractivity contribution in [2.24, 2.45) is 5.73 Å². The van der Waals surface area contributed by atoms with Crippen molar-refractivity contribution >= 4 is 17.5 Å². The van der Waals surface area contributed by atoms with Crippen LogP contribution < -0.4 is 15.2 Å². The average Bonchev–Trinajstić information content (AvgIpc) is 2.74. The number of thioether (sulfide) groups is 1. The van der Waals surface area contributed by atoms with E-state index in [4.69, 9.17) is 15.2 Å². The van der Waals surface area contributed by atoms with Crippen LogP contribution >= 0.6 is 11.8 Å². The zero-order chi connectivity index (χ0) is 11.5. The molecule has 2 N–H and O–H groups in total. The molecule has 0 saturated carbocycles. The molecule has 1 aromatic rings. The van der Waals surface area contributed by atoms with Gasteiger partial charge in [0.2, 0.25) is 0 Å². The molecule has 5 heteroatoms. The second-order valence-electron chi connectivity index (χ2n) is 3.37. The van der Waals surface area contributed by atoms with Crippen LogP contribution in [0.15, 0.2) is 17.0 Å². The molecule has 16 heavy (non-hydrogen) atoms. The van der Waals surface area contributed by atoms with E-state index in [0.717, 1.165) is 10.6 Å². The lowest BCUT2D eigenvalue weighted by atomic mass is 10.1. The number of hydrogen-bond donors (Lipinski definition) is 1. The summed E-state index contributed by atoms with van der Waals surface area (Å²) in [6.45, 7) is 0.342. The minimum Gasteiger partial charge on any atom is -0.496 e. The van der Waals surface area contributed by atoms with Crippen LogP contribution in [0.2, 0.25) is 0 Å². The van der Waals surface area contributed by atoms with Crippen LogP contribution in [0, 0.1) is 0 Å². The number of rotatable bonds is 4. The largest absolute Gasteiger partial charge is 0.496 e. The Morgan fingerprint density at radius 3 is 3.12 bits per heavy atom. The highest BCUT2D eigenvalue weighted by atomic mass is 32.2. The Morgan fingerprint density at radius 1 is 1.62 bits per heavy atom. The molecule has 1 aliphatic heterocycles. The van der Waals surface area contributed by atoms with E-state index in [-0.39, 0.29) is 5.78 Å². The van der Waals surface area contributed by atoms with Crippen LogP contribution in [-0.2, 0) is 0 Å². The van der Waals surface area contributed by atoms with Crippen molar-refractivity contribution < 1.29 is 14.3 Å². The van der Waals surface area contributed by atoms with E-state index in [0.29, 0.717) is 30.2 Å². The molecule has 1 aliphatic rings. The van der Waals surface area contributed by atoms with Crippen molar-refractivity contribution in [3.8, 4) is 11.5 Å². The number of ketones is 1. The van der Waals surface area contributed by atoms with E-state index >= 15 is 0 Å². The maximum absolute atomic E-state index is 11.8. The monoisotopic (exact) mass is 239 g/mol. The molecule has 0 saturated heterocycles. The minimum absolute atomic E-state index is 0.0114. The van der Waals surface area contributed by atoms with Gasteiger partial charge in [0.05, 0.1) is 17.6 Å². The number of carbonyl (C=O) groups excluding carboxylic acids is 1. The van der Waals surface area contributed by atoms with Crippen molar-refractivity contribution in [1.29, 1.82) is 0 Å². The third-order valence-corrected chi connectivity index (χ3v) is 3.23. The summed E-state index contributed by atoms with van der Waals surface area (Å²) < 4.78 is 10.6. The zero-order valence-electron chi connectivity index (χ0n) is 8.99. The lowest BCUT2D eigenvalue weighted by Gasteiger charge is -2.09. The molecular weight excluding hydrogens is 226 g/mol. The summed E-state index contributed by atoms with van der Waals surface area (Å²) in [5, 5.41) is 0. The number of nitrogens with two attached hydrogens (primary N) is 1. The third-order valence-electron chi connectivity index (χ3n) is 2.37. The van der Waals surface area contributed by atoms with E-state index in [1.165, 1.54) is 0 Å².